The van der Waals surface area contributed by atoms with Gasteiger partial charge in [0.1, 0.15) is 5.82 Å². The van der Waals surface area contributed by atoms with Crippen molar-refractivity contribution in [1.82, 2.24) is 10.2 Å². The molecule has 0 bridgehead atoms. The molecule has 1 unspecified atom stereocenters. The van der Waals surface area contributed by atoms with Crippen LogP contribution in [0.5, 0.6) is 0 Å². The largest absolute Gasteiger partial charge is 0.355 e. The maximum absolute atomic E-state index is 13.9. The third kappa shape index (κ3) is 3.84. The van der Waals surface area contributed by atoms with E-state index < -0.39 is 5.82 Å². The van der Waals surface area contributed by atoms with Crippen LogP contribution in [0.15, 0.2) is 22.7 Å². The zero-order valence-electron chi connectivity index (χ0n) is 12.1. The summed E-state index contributed by atoms with van der Waals surface area (Å²) in [5.74, 6) is -1.32. The Morgan fingerprint density at radius 3 is 2.91 bits per heavy atom. The number of nitrogens with two attached hydrogens (primary N) is 1. The number of carbonyl (C=O) groups excluding carboxylic acids is 2. The van der Waals surface area contributed by atoms with E-state index in [-0.39, 0.29) is 23.3 Å². The molecule has 7 heteroatoms. The molecule has 2 amide bonds. The number of nitrogens with one attached hydrogen (secondary N) is 1. The lowest BCUT2D eigenvalue weighted by Crippen LogP contribution is -2.46. The number of halogens is 2. The third-order valence-electron chi connectivity index (χ3n) is 3.70. The zero-order chi connectivity index (χ0) is 16.1. The van der Waals surface area contributed by atoms with Crippen molar-refractivity contribution in [3.63, 3.8) is 0 Å². The van der Waals surface area contributed by atoms with Crippen molar-refractivity contribution >= 4 is 27.7 Å². The van der Waals surface area contributed by atoms with Gasteiger partial charge in [-0.2, -0.15) is 0 Å². The highest BCUT2D eigenvalue weighted by molar-refractivity contribution is 9.10. The van der Waals surface area contributed by atoms with Crippen LogP contribution in [-0.4, -0.2) is 42.9 Å². The number of carbonyl (C=O) groups is 2. The standard InChI is InChI=1S/C15H19BrFN3O2/c16-11-4-1-5-12(17)13(11)15(22)20-8-2-3-10(9-20)14(21)19-7-6-18/h1,4-5,10H,2-3,6-9,18H2,(H,19,21). The minimum atomic E-state index is -0.561. The maximum Gasteiger partial charge on any atom is 0.258 e. The predicted octanol–water partition coefficient (Wildman–Crippen LogP) is 1.52. The molecule has 1 aliphatic rings. The molecule has 1 saturated heterocycles. The highest BCUT2D eigenvalue weighted by atomic mass is 79.9. The van der Waals surface area contributed by atoms with Gasteiger partial charge in [-0.15, -0.1) is 0 Å². The lowest BCUT2D eigenvalue weighted by Gasteiger charge is -2.32. The van der Waals surface area contributed by atoms with Crippen LogP contribution in [0.1, 0.15) is 23.2 Å². The Morgan fingerprint density at radius 1 is 1.45 bits per heavy atom. The van der Waals surface area contributed by atoms with Gasteiger partial charge in [-0.05, 0) is 40.9 Å². The molecule has 1 aromatic carbocycles. The highest BCUT2D eigenvalue weighted by Crippen LogP contribution is 2.24. The van der Waals surface area contributed by atoms with Crippen molar-refractivity contribution < 1.29 is 14.0 Å². The first-order valence-corrected chi connectivity index (χ1v) is 8.05. The molecule has 0 aliphatic carbocycles. The average Bonchev–Trinajstić information content (AvgIpc) is 2.52. The van der Waals surface area contributed by atoms with Gasteiger partial charge in [0.05, 0.1) is 11.5 Å². The van der Waals surface area contributed by atoms with E-state index in [0.29, 0.717) is 30.7 Å². The molecule has 3 N–H and O–H groups in total. The third-order valence-corrected chi connectivity index (χ3v) is 4.36. The summed E-state index contributed by atoms with van der Waals surface area (Å²) in [6, 6.07) is 4.43. The highest BCUT2D eigenvalue weighted by Gasteiger charge is 2.30. The van der Waals surface area contributed by atoms with Crippen molar-refractivity contribution in [3.05, 3.63) is 34.1 Å². The summed E-state index contributed by atoms with van der Waals surface area (Å²) in [4.78, 5) is 26.1. The van der Waals surface area contributed by atoms with Gasteiger partial charge in [0, 0.05) is 30.7 Å². The van der Waals surface area contributed by atoms with Crippen LogP contribution < -0.4 is 11.1 Å². The first kappa shape index (κ1) is 16.9. The molecule has 2 rings (SSSR count). The fraction of sp³-hybridized carbons (Fsp3) is 0.467. The lowest BCUT2D eigenvalue weighted by molar-refractivity contribution is -0.126. The Hall–Kier alpha value is -1.47. The monoisotopic (exact) mass is 371 g/mol. The summed E-state index contributed by atoms with van der Waals surface area (Å²) < 4.78 is 14.3. The van der Waals surface area contributed by atoms with Crippen LogP contribution in [0.3, 0.4) is 0 Å². The van der Waals surface area contributed by atoms with E-state index in [2.05, 4.69) is 21.2 Å². The van der Waals surface area contributed by atoms with Crippen molar-refractivity contribution in [2.45, 2.75) is 12.8 Å². The van der Waals surface area contributed by atoms with E-state index in [0.717, 1.165) is 12.8 Å². The lowest BCUT2D eigenvalue weighted by atomic mass is 9.96. The molecule has 120 valence electrons. The number of nitrogens with zero attached hydrogens (tertiary/aromatic N) is 1. The van der Waals surface area contributed by atoms with Crippen LogP contribution in [0.4, 0.5) is 4.39 Å². The molecule has 1 heterocycles. The van der Waals surface area contributed by atoms with E-state index in [1.54, 1.807) is 11.0 Å². The number of rotatable bonds is 4. The Morgan fingerprint density at radius 2 is 2.23 bits per heavy atom. The van der Waals surface area contributed by atoms with Crippen molar-refractivity contribution in [2.75, 3.05) is 26.2 Å². The number of piperidine rings is 1. The Bertz CT molecular complexity index is 547. The summed E-state index contributed by atoms with van der Waals surface area (Å²) in [5, 5.41) is 2.74. The van der Waals surface area contributed by atoms with Gasteiger partial charge < -0.3 is 16.0 Å². The van der Waals surface area contributed by atoms with Gasteiger partial charge in [-0.3, -0.25) is 9.59 Å². The second kappa shape index (κ2) is 7.69. The number of hydrogen-bond donors (Lipinski definition) is 2. The predicted molar refractivity (Wildman–Crippen MR) is 84.8 cm³/mol. The quantitative estimate of drug-likeness (QED) is 0.842. The van der Waals surface area contributed by atoms with Crippen LogP contribution in [-0.2, 0) is 4.79 Å². The zero-order valence-corrected chi connectivity index (χ0v) is 13.7. The van der Waals surface area contributed by atoms with Gasteiger partial charge in [-0.1, -0.05) is 6.07 Å². The average molecular weight is 372 g/mol. The first-order chi connectivity index (χ1) is 10.5. The van der Waals surface area contributed by atoms with Crippen LogP contribution in [0, 0.1) is 11.7 Å². The molecule has 1 aromatic rings. The fourth-order valence-electron chi connectivity index (χ4n) is 2.58. The minimum Gasteiger partial charge on any atom is -0.355 e. The van der Waals surface area contributed by atoms with E-state index in [9.17, 15) is 14.0 Å². The van der Waals surface area contributed by atoms with Gasteiger partial charge in [0.15, 0.2) is 0 Å². The Kier molecular flexibility index (Phi) is 5.90. The summed E-state index contributed by atoms with van der Waals surface area (Å²) >= 11 is 3.21. The number of benzene rings is 1. The molecule has 0 aromatic heterocycles. The molecular weight excluding hydrogens is 353 g/mol. The normalized spacial score (nSPS) is 18.1. The second-order valence-electron chi connectivity index (χ2n) is 5.27. The second-order valence-corrected chi connectivity index (χ2v) is 6.12. The number of likely N-dealkylation sites (tertiary alicyclic amines) is 1. The summed E-state index contributed by atoms with van der Waals surface area (Å²) in [6.45, 7) is 1.63. The molecular formula is C15H19BrFN3O2. The summed E-state index contributed by atoms with van der Waals surface area (Å²) in [7, 11) is 0. The topological polar surface area (TPSA) is 75.4 Å². The molecule has 1 atom stereocenters. The van der Waals surface area contributed by atoms with E-state index in [1.165, 1.54) is 12.1 Å². The fourth-order valence-corrected chi connectivity index (χ4v) is 3.09. The van der Waals surface area contributed by atoms with Crippen molar-refractivity contribution in [3.8, 4) is 0 Å². The van der Waals surface area contributed by atoms with Crippen molar-refractivity contribution in [2.24, 2.45) is 11.7 Å². The number of amides is 2. The van der Waals surface area contributed by atoms with Gasteiger partial charge in [-0.25, -0.2) is 4.39 Å². The number of hydrogen-bond acceptors (Lipinski definition) is 3. The minimum absolute atomic E-state index is 0.0190. The molecule has 22 heavy (non-hydrogen) atoms. The Labute approximate surface area is 137 Å². The van der Waals surface area contributed by atoms with E-state index in [1.807, 2.05) is 0 Å². The van der Waals surface area contributed by atoms with E-state index in [4.69, 9.17) is 5.73 Å². The van der Waals surface area contributed by atoms with E-state index >= 15 is 0 Å². The summed E-state index contributed by atoms with van der Waals surface area (Å²) in [6.07, 6.45) is 1.44. The summed E-state index contributed by atoms with van der Waals surface area (Å²) in [5.41, 5.74) is 5.38. The molecule has 0 radical (unpaired) electrons. The molecule has 1 aliphatic heterocycles. The smallest absolute Gasteiger partial charge is 0.258 e. The molecule has 0 spiro atoms. The van der Waals surface area contributed by atoms with Gasteiger partial charge >= 0.3 is 0 Å². The van der Waals surface area contributed by atoms with Crippen LogP contribution >= 0.6 is 15.9 Å². The van der Waals surface area contributed by atoms with Crippen LogP contribution in [0.25, 0.3) is 0 Å². The SMILES string of the molecule is NCCNC(=O)C1CCCN(C(=O)c2c(F)cccc2Br)C1. The van der Waals surface area contributed by atoms with Crippen molar-refractivity contribution in [1.29, 1.82) is 0 Å². The Balaban J connectivity index is 2.09. The van der Waals surface area contributed by atoms with Crippen LogP contribution in [0.2, 0.25) is 0 Å². The molecule has 0 saturated carbocycles. The first-order valence-electron chi connectivity index (χ1n) is 7.25. The molecule has 5 nitrogen and oxygen atoms in total. The maximum atomic E-state index is 13.9. The van der Waals surface area contributed by atoms with Gasteiger partial charge in [0.25, 0.3) is 5.91 Å². The molecule has 1 fully saturated rings. The van der Waals surface area contributed by atoms with Gasteiger partial charge in [0.2, 0.25) is 5.91 Å².